The number of hydrogen-bond acceptors (Lipinski definition) is 7. The number of carbonyl (C=O) groups is 4. The van der Waals surface area contributed by atoms with Gasteiger partial charge in [0.05, 0.1) is 7.11 Å². The summed E-state index contributed by atoms with van der Waals surface area (Å²) in [5, 5.41) is 0. The molecule has 0 bridgehead atoms. The Morgan fingerprint density at radius 3 is 1.63 bits per heavy atom. The number of cyclic esters (lactones) is 2. The second kappa shape index (κ2) is 7.19. The van der Waals surface area contributed by atoms with Gasteiger partial charge >= 0.3 is 11.9 Å². The molecule has 0 N–H and O–H groups in total. The Morgan fingerprint density at radius 2 is 1.26 bits per heavy atom. The van der Waals surface area contributed by atoms with Gasteiger partial charge in [0, 0.05) is 18.1 Å². The zero-order valence-corrected chi connectivity index (χ0v) is 15.1. The number of rotatable bonds is 4. The minimum atomic E-state index is -1.32. The molecule has 0 saturated carbocycles. The van der Waals surface area contributed by atoms with Gasteiger partial charge in [-0.3, -0.25) is 19.2 Å². The third kappa shape index (κ3) is 3.53. The molecule has 2 atom stereocenters. The van der Waals surface area contributed by atoms with E-state index in [2.05, 4.69) is 0 Å². The third-order valence-electron chi connectivity index (χ3n) is 4.55. The summed E-state index contributed by atoms with van der Waals surface area (Å²) < 4.78 is 15.3. The highest BCUT2D eigenvalue weighted by Gasteiger charge is 2.49. The zero-order valence-electron chi connectivity index (χ0n) is 15.1. The summed E-state index contributed by atoms with van der Waals surface area (Å²) in [6.45, 7) is 2.97. The molecule has 140 valence electrons. The van der Waals surface area contributed by atoms with Gasteiger partial charge in [-0.25, -0.2) is 0 Å². The van der Waals surface area contributed by atoms with E-state index in [1.54, 1.807) is 24.3 Å². The van der Waals surface area contributed by atoms with Crippen LogP contribution in [0.25, 0.3) is 0 Å². The molecule has 0 radical (unpaired) electrons. The molecule has 0 amide bonds. The van der Waals surface area contributed by atoms with Crippen LogP contribution in [-0.4, -0.2) is 30.6 Å². The third-order valence-corrected chi connectivity index (χ3v) is 4.55. The van der Waals surface area contributed by atoms with Crippen molar-refractivity contribution in [2.75, 3.05) is 7.11 Å². The van der Waals surface area contributed by atoms with E-state index >= 15 is 0 Å². The summed E-state index contributed by atoms with van der Waals surface area (Å²) in [6, 6.07) is 6.48. The second-order valence-electron chi connectivity index (χ2n) is 6.41. The van der Waals surface area contributed by atoms with Crippen LogP contribution in [0.5, 0.6) is 5.75 Å². The van der Waals surface area contributed by atoms with Crippen LogP contribution in [0, 0.1) is 11.8 Å². The monoisotopic (exact) mass is 370 g/mol. The minimum absolute atomic E-state index is 0.169. The minimum Gasteiger partial charge on any atom is -0.497 e. The van der Waals surface area contributed by atoms with Gasteiger partial charge in [-0.15, -0.1) is 0 Å². The van der Waals surface area contributed by atoms with Crippen molar-refractivity contribution in [3.63, 3.8) is 0 Å². The molecular weight excluding hydrogens is 352 g/mol. The average molecular weight is 370 g/mol. The molecule has 1 aromatic rings. The number of methoxy groups -OCH3 is 1. The van der Waals surface area contributed by atoms with Crippen LogP contribution < -0.4 is 4.74 Å². The van der Waals surface area contributed by atoms with E-state index in [4.69, 9.17) is 14.2 Å². The van der Waals surface area contributed by atoms with Crippen LogP contribution in [0.3, 0.4) is 0 Å². The molecule has 0 saturated heterocycles. The topological polar surface area (TPSA) is 96.0 Å². The first-order valence-corrected chi connectivity index (χ1v) is 8.33. The van der Waals surface area contributed by atoms with Crippen LogP contribution in [0.1, 0.15) is 25.3 Å². The Kier molecular flexibility index (Phi) is 4.94. The molecule has 2 heterocycles. The number of hydrogen-bond donors (Lipinski definition) is 0. The lowest BCUT2D eigenvalue weighted by atomic mass is 9.72. The maximum atomic E-state index is 12.6. The molecule has 0 aliphatic carbocycles. The quantitative estimate of drug-likeness (QED) is 0.591. The van der Waals surface area contributed by atoms with Crippen molar-refractivity contribution in [2.45, 2.75) is 19.8 Å². The molecule has 27 heavy (non-hydrogen) atoms. The van der Waals surface area contributed by atoms with Gasteiger partial charge in [0.15, 0.2) is 11.6 Å². The van der Waals surface area contributed by atoms with Crippen molar-refractivity contribution in [2.24, 2.45) is 11.8 Å². The van der Waals surface area contributed by atoms with E-state index in [0.29, 0.717) is 11.3 Å². The smallest absolute Gasteiger partial charge is 0.322 e. The summed E-state index contributed by atoms with van der Waals surface area (Å²) in [6.07, 6.45) is 2.39. The molecule has 0 fully saturated rings. The summed E-state index contributed by atoms with van der Waals surface area (Å²) in [7, 11) is 1.50. The summed E-state index contributed by atoms with van der Waals surface area (Å²) in [4.78, 5) is 50.2. The van der Waals surface area contributed by atoms with Crippen LogP contribution in [0.4, 0.5) is 0 Å². The lowest BCUT2D eigenvalue weighted by Crippen LogP contribution is -2.43. The number of ether oxygens (including phenoxy) is 3. The fourth-order valence-corrected chi connectivity index (χ4v) is 3.37. The van der Waals surface area contributed by atoms with Crippen LogP contribution in [0.15, 0.2) is 47.9 Å². The fraction of sp³-hybridized carbons (Fsp3) is 0.300. The predicted molar refractivity (Wildman–Crippen MR) is 92.4 cm³/mol. The van der Waals surface area contributed by atoms with E-state index in [1.165, 1.54) is 33.1 Å². The lowest BCUT2D eigenvalue weighted by molar-refractivity contribution is -0.155. The normalized spacial score (nSPS) is 23.8. The first-order chi connectivity index (χ1) is 12.8. The first-order valence-electron chi connectivity index (χ1n) is 8.33. The summed E-state index contributed by atoms with van der Waals surface area (Å²) >= 11 is 0. The van der Waals surface area contributed by atoms with Gasteiger partial charge in [0.1, 0.15) is 29.1 Å². The number of ketones is 2. The maximum absolute atomic E-state index is 12.6. The van der Waals surface area contributed by atoms with E-state index in [9.17, 15) is 19.2 Å². The largest absolute Gasteiger partial charge is 0.497 e. The lowest BCUT2D eigenvalue weighted by Gasteiger charge is -2.32. The molecule has 2 aliphatic heterocycles. The Labute approximate surface area is 155 Å². The molecule has 7 heteroatoms. The molecule has 0 spiro atoms. The number of benzene rings is 1. The Hall–Kier alpha value is -3.22. The van der Waals surface area contributed by atoms with Crippen molar-refractivity contribution >= 4 is 23.5 Å². The number of esters is 2. The molecule has 2 unspecified atom stereocenters. The fourth-order valence-electron chi connectivity index (χ4n) is 3.37. The van der Waals surface area contributed by atoms with Gasteiger partial charge in [-0.2, -0.15) is 0 Å². The van der Waals surface area contributed by atoms with Gasteiger partial charge in [-0.05, 0) is 31.5 Å². The number of allylic oxidation sites excluding steroid dienone is 4. The van der Waals surface area contributed by atoms with Crippen molar-refractivity contribution in [3.8, 4) is 5.75 Å². The average Bonchev–Trinajstić information content (AvgIpc) is 2.59. The Balaban J connectivity index is 2.12. The van der Waals surface area contributed by atoms with Gasteiger partial charge < -0.3 is 14.2 Å². The SMILES string of the molecule is COc1ccc(C(C2C(=O)C=C(C)OC2=O)C2C(=O)C=C(C)OC2=O)cc1. The van der Waals surface area contributed by atoms with Crippen LogP contribution >= 0.6 is 0 Å². The van der Waals surface area contributed by atoms with Gasteiger partial charge in [-0.1, -0.05) is 12.1 Å². The van der Waals surface area contributed by atoms with Crippen LogP contribution in [0.2, 0.25) is 0 Å². The predicted octanol–water partition coefficient (Wildman–Crippen LogP) is 2.07. The van der Waals surface area contributed by atoms with E-state index < -0.39 is 41.3 Å². The van der Waals surface area contributed by atoms with Crippen molar-refractivity contribution in [1.82, 2.24) is 0 Å². The summed E-state index contributed by atoms with van der Waals surface area (Å²) in [5.41, 5.74) is 0.460. The van der Waals surface area contributed by atoms with Gasteiger partial charge in [0.25, 0.3) is 0 Å². The maximum Gasteiger partial charge on any atom is 0.322 e. The molecule has 1 aromatic carbocycles. The highest BCUT2D eigenvalue weighted by molar-refractivity contribution is 6.12. The van der Waals surface area contributed by atoms with Crippen molar-refractivity contribution < 1.29 is 33.4 Å². The van der Waals surface area contributed by atoms with Gasteiger partial charge in [0.2, 0.25) is 0 Å². The summed E-state index contributed by atoms with van der Waals surface area (Å²) in [5.74, 6) is -5.44. The second-order valence-corrected chi connectivity index (χ2v) is 6.41. The highest BCUT2D eigenvalue weighted by atomic mass is 16.5. The van der Waals surface area contributed by atoms with Crippen molar-refractivity contribution in [3.05, 3.63) is 53.5 Å². The standard InChI is InChI=1S/C20H18O7/c1-10-8-14(21)17(19(23)26-10)16(12-4-6-13(25-3)7-5-12)18-15(22)9-11(2)27-20(18)24/h4-9,16-18H,1-3H3. The van der Waals surface area contributed by atoms with E-state index in [0.717, 1.165) is 0 Å². The molecule has 0 aromatic heterocycles. The Morgan fingerprint density at radius 1 is 0.815 bits per heavy atom. The van der Waals surface area contributed by atoms with E-state index in [1.807, 2.05) is 0 Å². The molecule has 7 nitrogen and oxygen atoms in total. The first kappa shape index (κ1) is 18.6. The Bertz CT molecular complexity index is 826. The molecule has 3 rings (SSSR count). The highest BCUT2D eigenvalue weighted by Crippen LogP contribution is 2.39. The van der Waals surface area contributed by atoms with Crippen LogP contribution in [-0.2, 0) is 28.7 Å². The van der Waals surface area contributed by atoms with E-state index in [-0.39, 0.29) is 11.5 Å². The van der Waals surface area contributed by atoms with Crippen molar-refractivity contribution in [1.29, 1.82) is 0 Å². The number of carbonyl (C=O) groups excluding carboxylic acids is 4. The molecular formula is C20H18O7. The molecule has 2 aliphatic rings. The zero-order chi connectivity index (χ0) is 19.7.